The molecule has 1 aromatic rings. The molecule has 1 saturated heterocycles. The molecular weight excluding hydrogens is 296 g/mol. The number of nitrogens with zero attached hydrogens (tertiary/aromatic N) is 1. The number of methoxy groups -OCH3 is 1. The Labute approximate surface area is 130 Å². The monoisotopic (exact) mass is 318 g/mol. The molecule has 1 N–H and O–H groups in total. The molecule has 0 aliphatic carbocycles. The summed E-state index contributed by atoms with van der Waals surface area (Å²) in [5, 5.41) is 5.24. The Morgan fingerprint density at radius 1 is 1.50 bits per heavy atom. The van der Waals surface area contributed by atoms with Crippen LogP contribution in [-0.2, 0) is 0 Å². The second kappa shape index (κ2) is 8.49. The highest BCUT2D eigenvalue weighted by Crippen LogP contribution is 2.24. The predicted molar refractivity (Wildman–Crippen MR) is 85.3 cm³/mol. The quantitative estimate of drug-likeness (QED) is 0.907. The van der Waals surface area contributed by atoms with Gasteiger partial charge in [-0.3, -0.25) is 4.79 Å². The Hall–Kier alpha value is -0.780. The number of piperidine rings is 1. The van der Waals surface area contributed by atoms with Crippen molar-refractivity contribution in [1.29, 1.82) is 0 Å². The summed E-state index contributed by atoms with van der Waals surface area (Å²) in [6.45, 7) is 4.97. The van der Waals surface area contributed by atoms with E-state index in [1.54, 1.807) is 7.11 Å². The smallest absolute Gasteiger partial charge is 0.264 e. The van der Waals surface area contributed by atoms with Crippen LogP contribution in [-0.4, -0.2) is 43.6 Å². The van der Waals surface area contributed by atoms with Gasteiger partial charge in [0.25, 0.3) is 5.91 Å². The maximum atomic E-state index is 12.6. The number of amides is 1. The van der Waals surface area contributed by atoms with Crippen molar-refractivity contribution in [3.63, 3.8) is 0 Å². The largest absolute Gasteiger partial charge is 0.496 e. The van der Waals surface area contributed by atoms with Crippen molar-refractivity contribution in [2.24, 2.45) is 0 Å². The number of thiophene rings is 1. The van der Waals surface area contributed by atoms with Crippen molar-refractivity contribution in [1.82, 2.24) is 10.2 Å². The van der Waals surface area contributed by atoms with Crippen LogP contribution in [0.1, 0.15) is 35.9 Å². The molecule has 4 nitrogen and oxygen atoms in total. The molecule has 1 aromatic heterocycles. The summed E-state index contributed by atoms with van der Waals surface area (Å²) in [6, 6.07) is 2.22. The molecule has 114 valence electrons. The molecule has 0 radical (unpaired) electrons. The number of halogens is 1. The fourth-order valence-electron chi connectivity index (χ4n) is 2.49. The van der Waals surface area contributed by atoms with Gasteiger partial charge in [0, 0.05) is 24.0 Å². The predicted octanol–water partition coefficient (Wildman–Crippen LogP) is 2.78. The highest BCUT2D eigenvalue weighted by molar-refractivity contribution is 7.12. The van der Waals surface area contributed by atoms with Gasteiger partial charge in [-0.25, -0.2) is 0 Å². The summed E-state index contributed by atoms with van der Waals surface area (Å²) in [5.41, 5.74) is 0. The molecule has 6 heteroatoms. The molecule has 0 aromatic carbocycles. The summed E-state index contributed by atoms with van der Waals surface area (Å²) in [4.78, 5) is 15.5. The summed E-state index contributed by atoms with van der Waals surface area (Å²) in [7, 11) is 1.63. The van der Waals surface area contributed by atoms with Gasteiger partial charge in [-0.2, -0.15) is 0 Å². The fraction of sp³-hybridized carbons (Fsp3) is 0.643. The molecular formula is C14H23ClN2O2S. The first-order valence-electron chi connectivity index (χ1n) is 6.90. The lowest BCUT2D eigenvalue weighted by Gasteiger charge is -2.34. The Kier molecular flexibility index (Phi) is 7.34. The second-order valence-electron chi connectivity index (χ2n) is 4.83. The van der Waals surface area contributed by atoms with E-state index in [-0.39, 0.29) is 18.3 Å². The highest BCUT2D eigenvalue weighted by Gasteiger charge is 2.26. The zero-order valence-electron chi connectivity index (χ0n) is 12.1. The fourth-order valence-corrected chi connectivity index (χ4v) is 3.30. The van der Waals surface area contributed by atoms with E-state index in [2.05, 4.69) is 12.2 Å². The van der Waals surface area contributed by atoms with Crippen LogP contribution in [0.15, 0.2) is 11.4 Å². The van der Waals surface area contributed by atoms with Gasteiger partial charge >= 0.3 is 0 Å². The average molecular weight is 319 g/mol. The number of hydrogen-bond donors (Lipinski definition) is 1. The number of ether oxygens (including phenoxy) is 1. The normalized spacial score (nSPS) is 15.5. The van der Waals surface area contributed by atoms with E-state index in [0.717, 1.165) is 49.5 Å². The summed E-state index contributed by atoms with van der Waals surface area (Å²) in [5.74, 6) is 0.928. The average Bonchev–Trinajstić information content (AvgIpc) is 2.94. The number of nitrogens with one attached hydrogen (secondary N) is 1. The molecule has 0 atom stereocenters. The lowest BCUT2D eigenvalue weighted by Crippen LogP contribution is -2.46. The third-order valence-electron chi connectivity index (χ3n) is 3.50. The Balaban J connectivity index is 0.00000200. The number of hydrogen-bond acceptors (Lipinski definition) is 4. The number of carbonyl (C=O) groups is 1. The van der Waals surface area contributed by atoms with Crippen LogP contribution in [0.5, 0.6) is 5.75 Å². The second-order valence-corrected chi connectivity index (χ2v) is 5.74. The van der Waals surface area contributed by atoms with Crippen molar-refractivity contribution in [2.45, 2.75) is 32.2 Å². The maximum absolute atomic E-state index is 12.6. The Bertz CT molecular complexity index is 419. The first-order valence-corrected chi connectivity index (χ1v) is 7.78. The highest BCUT2D eigenvalue weighted by atomic mass is 35.5. The van der Waals surface area contributed by atoms with Gasteiger partial charge in [0.15, 0.2) is 0 Å². The zero-order valence-corrected chi connectivity index (χ0v) is 13.7. The standard InChI is InChI=1S/C14H22N2O2S.ClH/c1-3-8-16(11-4-6-15-7-5-11)14(17)13-9-12(18-2)10-19-13;/h9-11,15H,3-8H2,1-2H3;1H. The van der Waals surface area contributed by atoms with Gasteiger partial charge in [-0.05, 0) is 32.4 Å². The summed E-state index contributed by atoms with van der Waals surface area (Å²) in [6.07, 6.45) is 3.10. The molecule has 1 amide bonds. The first kappa shape index (κ1) is 17.3. The summed E-state index contributed by atoms with van der Waals surface area (Å²) >= 11 is 1.47. The van der Waals surface area contributed by atoms with Gasteiger partial charge in [0.1, 0.15) is 5.75 Å². The van der Waals surface area contributed by atoms with Crippen LogP contribution >= 0.6 is 23.7 Å². The van der Waals surface area contributed by atoms with E-state index in [1.165, 1.54) is 11.3 Å². The molecule has 1 fully saturated rings. The molecule has 0 bridgehead atoms. The van der Waals surface area contributed by atoms with Crippen molar-refractivity contribution >= 4 is 29.7 Å². The third kappa shape index (κ3) is 4.11. The van der Waals surface area contributed by atoms with E-state index in [4.69, 9.17) is 4.74 Å². The van der Waals surface area contributed by atoms with Crippen LogP contribution in [0.2, 0.25) is 0 Å². The molecule has 2 rings (SSSR count). The minimum absolute atomic E-state index is 0. The first-order chi connectivity index (χ1) is 9.26. The van der Waals surface area contributed by atoms with Crippen molar-refractivity contribution in [2.75, 3.05) is 26.7 Å². The van der Waals surface area contributed by atoms with E-state index in [0.29, 0.717) is 6.04 Å². The van der Waals surface area contributed by atoms with Gasteiger partial charge < -0.3 is 15.0 Å². The van der Waals surface area contributed by atoms with E-state index < -0.39 is 0 Å². The molecule has 0 spiro atoms. The van der Waals surface area contributed by atoms with Gasteiger partial charge in [0.2, 0.25) is 0 Å². The molecule has 20 heavy (non-hydrogen) atoms. The van der Waals surface area contributed by atoms with E-state index >= 15 is 0 Å². The van der Waals surface area contributed by atoms with E-state index in [1.807, 2.05) is 16.3 Å². The topological polar surface area (TPSA) is 41.6 Å². The van der Waals surface area contributed by atoms with Crippen LogP contribution < -0.4 is 10.1 Å². The van der Waals surface area contributed by atoms with Gasteiger partial charge in [0.05, 0.1) is 12.0 Å². The SMILES string of the molecule is CCCN(C(=O)c1cc(OC)cs1)C1CCNCC1.Cl. The van der Waals surface area contributed by atoms with Crippen LogP contribution in [0.4, 0.5) is 0 Å². The van der Waals surface area contributed by atoms with Crippen molar-refractivity contribution in [3.8, 4) is 5.75 Å². The molecule has 1 aliphatic rings. The zero-order chi connectivity index (χ0) is 13.7. The van der Waals surface area contributed by atoms with Crippen molar-refractivity contribution < 1.29 is 9.53 Å². The number of rotatable bonds is 5. The van der Waals surface area contributed by atoms with Crippen LogP contribution in [0.25, 0.3) is 0 Å². The van der Waals surface area contributed by atoms with Crippen LogP contribution in [0.3, 0.4) is 0 Å². The lowest BCUT2D eigenvalue weighted by atomic mass is 10.0. The maximum Gasteiger partial charge on any atom is 0.264 e. The lowest BCUT2D eigenvalue weighted by molar-refractivity contribution is 0.0647. The molecule has 2 heterocycles. The molecule has 1 aliphatic heterocycles. The minimum Gasteiger partial charge on any atom is -0.496 e. The minimum atomic E-state index is 0. The molecule has 0 saturated carbocycles. The van der Waals surface area contributed by atoms with E-state index in [9.17, 15) is 4.79 Å². The van der Waals surface area contributed by atoms with Gasteiger partial charge in [-0.1, -0.05) is 6.92 Å². The Morgan fingerprint density at radius 3 is 2.75 bits per heavy atom. The Morgan fingerprint density at radius 2 is 2.20 bits per heavy atom. The van der Waals surface area contributed by atoms with Gasteiger partial charge in [-0.15, -0.1) is 23.7 Å². The third-order valence-corrected chi connectivity index (χ3v) is 4.39. The van der Waals surface area contributed by atoms with Crippen LogP contribution in [0, 0.1) is 0 Å². The number of carbonyl (C=O) groups excluding carboxylic acids is 1. The summed E-state index contributed by atoms with van der Waals surface area (Å²) < 4.78 is 5.16. The molecule has 0 unspecified atom stereocenters. The van der Waals surface area contributed by atoms with Crippen molar-refractivity contribution in [3.05, 3.63) is 16.3 Å².